The van der Waals surface area contributed by atoms with Crippen molar-refractivity contribution in [1.29, 1.82) is 0 Å². The third-order valence-corrected chi connectivity index (χ3v) is 5.64. The Labute approximate surface area is 171 Å². The zero-order valence-corrected chi connectivity index (χ0v) is 16.9. The molecule has 0 unspecified atom stereocenters. The van der Waals surface area contributed by atoms with Crippen molar-refractivity contribution in [3.63, 3.8) is 0 Å². The second-order valence-corrected chi connectivity index (χ2v) is 7.64. The molecule has 2 heterocycles. The zero-order valence-electron chi connectivity index (χ0n) is 16.9. The number of nitrogens with zero attached hydrogens (tertiary/aromatic N) is 3. The van der Waals surface area contributed by atoms with Gasteiger partial charge in [0.25, 0.3) is 0 Å². The molecule has 0 bridgehead atoms. The van der Waals surface area contributed by atoms with Crippen molar-refractivity contribution in [1.82, 2.24) is 9.97 Å². The van der Waals surface area contributed by atoms with Gasteiger partial charge in [-0.25, -0.2) is 9.97 Å². The highest BCUT2D eigenvalue weighted by molar-refractivity contribution is 5.94. The summed E-state index contributed by atoms with van der Waals surface area (Å²) in [5.74, 6) is 1.07. The van der Waals surface area contributed by atoms with Gasteiger partial charge in [0.15, 0.2) is 0 Å². The summed E-state index contributed by atoms with van der Waals surface area (Å²) in [7, 11) is 0. The molecule has 2 aromatic carbocycles. The minimum absolute atomic E-state index is 0.0284. The molecular weight excluding hydrogens is 360 g/mol. The van der Waals surface area contributed by atoms with E-state index < -0.39 is 0 Å². The highest BCUT2D eigenvalue weighted by Crippen LogP contribution is 2.27. The van der Waals surface area contributed by atoms with E-state index in [0.29, 0.717) is 0 Å². The molecule has 1 amide bonds. The van der Waals surface area contributed by atoms with Crippen LogP contribution in [0.25, 0.3) is 11.3 Å². The Kier molecular flexibility index (Phi) is 5.56. The van der Waals surface area contributed by atoms with E-state index in [9.17, 15) is 4.79 Å². The van der Waals surface area contributed by atoms with Gasteiger partial charge in [0.2, 0.25) is 5.91 Å². The summed E-state index contributed by atoms with van der Waals surface area (Å²) in [6, 6.07) is 18.2. The van der Waals surface area contributed by atoms with Crippen LogP contribution in [0, 0.1) is 19.8 Å². The van der Waals surface area contributed by atoms with Gasteiger partial charge in [-0.3, -0.25) is 4.79 Å². The minimum atomic E-state index is 0.0284. The van der Waals surface area contributed by atoms with Crippen molar-refractivity contribution in [2.75, 3.05) is 23.3 Å². The van der Waals surface area contributed by atoms with Crippen LogP contribution in [0.4, 0.5) is 11.5 Å². The molecule has 5 heteroatoms. The van der Waals surface area contributed by atoms with Gasteiger partial charge in [-0.2, -0.15) is 0 Å². The Morgan fingerprint density at radius 3 is 2.34 bits per heavy atom. The predicted molar refractivity (Wildman–Crippen MR) is 117 cm³/mol. The van der Waals surface area contributed by atoms with Crippen LogP contribution in [0.3, 0.4) is 0 Å². The number of para-hydroxylation sites is 1. The first-order valence-corrected chi connectivity index (χ1v) is 10.1. The lowest BCUT2D eigenvalue weighted by Crippen LogP contribution is -2.38. The summed E-state index contributed by atoms with van der Waals surface area (Å²) in [6.07, 6.45) is 3.26. The summed E-state index contributed by atoms with van der Waals surface area (Å²) < 4.78 is 0. The molecule has 0 atom stereocenters. The van der Waals surface area contributed by atoms with Gasteiger partial charge < -0.3 is 10.2 Å². The predicted octanol–water partition coefficient (Wildman–Crippen LogP) is 4.62. The first kappa shape index (κ1) is 19.1. The maximum Gasteiger partial charge on any atom is 0.227 e. The first-order chi connectivity index (χ1) is 14.1. The molecule has 148 valence electrons. The summed E-state index contributed by atoms with van der Waals surface area (Å²) >= 11 is 0. The van der Waals surface area contributed by atoms with Crippen molar-refractivity contribution in [3.05, 3.63) is 72.1 Å². The maximum absolute atomic E-state index is 12.8. The molecule has 3 aromatic rings. The van der Waals surface area contributed by atoms with Crippen molar-refractivity contribution in [3.8, 4) is 11.3 Å². The van der Waals surface area contributed by atoms with E-state index in [2.05, 4.69) is 32.3 Å². The number of anilines is 2. The van der Waals surface area contributed by atoms with Crippen molar-refractivity contribution < 1.29 is 4.79 Å². The maximum atomic E-state index is 12.8. The van der Waals surface area contributed by atoms with Crippen LogP contribution in [-0.2, 0) is 4.79 Å². The lowest BCUT2D eigenvalue weighted by Gasteiger charge is -2.32. The smallest absolute Gasteiger partial charge is 0.227 e. The fourth-order valence-electron chi connectivity index (χ4n) is 3.89. The topological polar surface area (TPSA) is 58.1 Å². The fraction of sp³-hybridized carbons (Fsp3) is 0.292. The number of hydrogen-bond acceptors (Lipinski definition) is 4. The fourth-order valence-corrected chi connectivity index (χ4v) is 3.89. The third-order valence-electron chi connectivity index (χ3n) is 5.64. The summed E-state index contributed by atoms with van der Waals surface area (Å²) in [5, 5.41) is 3.15. The van der Waals surface area contributed by atoms with E-state index in [1.165, 1.54) is 0 Å². The zero-order chi connectivity index (χ0) is 20.2. The molecule has 1 aliphatic rings. The highest BCUT2D eigenvalue weighted by Gasteiger charge is 2.26. The number of nitrogens with one attached hydrogen (secondary N) is 1. The summed E-state index contributed by atoms with van der Waals surface area (Å²) in [5.41, 5.74) is 5.16. The Morgan fingerprint density at radius 2 is 1.66 bits per heavy atom. The van der Waals surface area contributed by atoms with Gasteiger partial charge in [-0.1, -0.05) is 48.5 Å². The molecule has 5 nitrogen and oxygen atoms in total. The third kappa shape index (κ3) is 4.29. The number of carbonyl (C=O) groups is 1. The van der Waals surface area contributed by atoms with Crippen LogP contribution < -0.4 is 10.2 Å². The normalized spacial score (nSPS) is 14.6. The lowest BCUT2D eigenvalue weighted by atomic mass is 9.95. The molecular formula is C24H26N4O. The molecule has 29 heavy (non-hydrogen) atoms. The molecule has 1 fully saturated rings. The number of piperidine rings is 1. The Balaban J connectivity index is 1.40. The van der Waals surface area contributed by atoms with E-state index in [0.717, 1.165) is 59.8 Å². The average Bonchev–Trinajstić information content (AvgIpc) is 2.77. The number of aryl methyl sites for hydroxylation is 2. The Morgan fingerprint density at radius 1 is 0.966 bits per heavy atom. The number of hydrogen-bond donors (Lipinski definition) is 1. The minimum Gasteiger partial charge on any atom is -0.356 e. The summed E-state index contributed by atoms with van der Waals surface area (Å²) in [6.45, 7) is 5.70. The molecule has 0 spiro atoms. The van der Waals surface area contributed by atoms with Gasteiger partial charge in [-0.15, -0.1) is 0 Å². The van der Waals surface area contributed by atoms with Crippen molar-refractivity contribution >= 4 is 17.4 Å². The van der Waals surface area contributed by atoms with E-state index >= 15 is 0 Å². The van der Waals surface area contributed by atoms with E-state index in [1.54, 1.807) is 6.33 Å². The molecule has 1 N–H and O–H groups in total. The number of amides is 1. The number of rotatable bonds is 4. The van der Waals surface area contributed by atoms with Crippen molar-refractivity contribution in [2.24, 2.45) is 5.92 Å². The average molecular weight is 386 g/mol. The summed E-state index contributed by atoms with van der Waals surface area (Å²) in [4.78, 5) is 23.9. The van der Waals surface area contributed by atoms with Crippen LogP contribution in [0.15, 0.2) is 60.9 Å². The van der Waals surface area contributed by atoms with E-state index in [4.69, 9.17) is 0 Å². The quantitative estimate of drug-likeness (QED) is 0.711. The highest BCUT2D eigenvalue weighted by atomic mass is 16.1. The first-order valence-electron chi connectivity index (χ1n) is 10.1. The van der Waals surface area contributed by atoms with E-state index in [-0.39, 0.29) is 11.8 Å². The van der Waals surface area contributed by atoms with Gasteiger partial charge in [0.05, 0.1) is 5.69 Å². The molecule has 0 aliphatic carbocycles. The molecule has 1 aliphatic heterocycles. The van der Waals surface area contributed by atoms with Crippen molar-refractivity contribution in [2.45, 2.75) is 26.7 Å². The Hall–Kier alpha value is -3.21. The van der Waals surface area contributed by atoms with E-state index in [1.807, 2.05) is 56.3 Å². The second-order valence-electron chi connectivity index (χ2n) is 7.64. The molecule has 0 radical (unpaired) electrons. The molecule has 1 aromatic heterocycles. The monoisotopic (exact) mass is 386 g/mol. The van der Waals surface area contributed by atoms with Crippen LogP contribution in [0.1, 0.15) is 24.0 Å². The molecule has 1 saturated heterocycles. The van der Waals surface area contributed by atoms with Crippen LogP contribution in [0.5, 0.6) is 0 Å². The van der Waals surface area contributed by atoms with Gasteiger partial charge in [0.1, 0.15) is 12.1 Å². The largest absolute Gasteiger partial charge is 0.356 e. The number of aromatic nitrogens is 2. The Bertz CT molecular complexity index is 975. The van der Waals surface area contributed by atoms with Crippen LogP contribution >= 0.6 is 0 Å². The number of carbonyl (C=O) groups excluding carboxylic acids is 1. The number of benzene rings is 2. The lowest BCUT2D eigenvalue weighted by molar-refractivity contribution is -0.120. The van der Waals surface area contributed by atoms with Gasteiger partial charge >= 0.3 is 0 Å². The molecule has 4 rings (SSSR count). The standard InChI is InChI=1S/C24H26N4O/c1-17-7-6-8-18(2)23(17)27-24(29)20-11-13-28(14-12-20)22-15-21(25-16-26-22)19-9-4-3-5-10-19/h3-10,15-16,20H,11-14H2,1-2H3,(H,27,29). The second kappa shape index (κ2) is 8.43. The van der Waals surface area contributed by atoms with Crippen LogP contribution in [0.2, 0.25) is 0 Å². The molecule has 0 saturated carbocycles. The SMILES string of the molecule is Cc1cccc(C)c1NC(=O)C1CCN(c2cc(-c3ccccc3)ncn2)CC1. The van der Waals surface area contributed by atoms with Gasteiger partial charge in [0, 0.05) is 36.3 Å². The van der Waals surface area contributed by atoms with Gasteiger partial charge in [-0.05, 0) is 37.8 Å². The van der Waals surface area contributed by atoms with Crippen LogP contribution in [-0.4, -0.2) is 29.0 Å².